The van der Waals surface area contributed by atoms with Crippen LogP contribution in [0.1, 0.15) is 19.5 Å². The van der Waals surface area contributed by atoms with Gasteiger partial charge in [0.1, 0.15) is 12.1 Å². The molecule has 0 bridgehead atoms. The number of oxazole rings is 1. The van der Waals surface area contributed by atoms with Gasteiger partial charge < -0.3 is 9.15 Å². The summed E-state index contributed by atoms with van der Waals surface area (Å²) in [6.07, 6.45) is 2.09. The predicted molar refractivity (Wildman–Crippen MR) is 77.2 cm³/mol. The van der Waals surface area contributed by atoms with Gasteiger partial charge >= 0.3 is 0 Å². The van der Waals surface area contributed by atoms with Crippen LogP contribution in [0.5, 0.6) is 0 Å². The predicted octanol–water partition coefficient (Wildman–Crippen LogP) is 3.09. The van der Waals surface area contributed by atoms with Crippen molar-refractivity contribution in [2.24, 2.45) is 0 Å². The van der Waals surface area contributed by atoms with E-state index in [1.165, 1.54) is 12.1 Å². The van der Waals surface area contributed by atoms with Crippen LogP contribution in [0.4, 0.5) is 4.39 Å². The first kappa shape index (κ1) is 14.2. The van der Waals surface area contributed by atoms with Crippen molar-refractivity contribution in [1.82, 2.24) is 9.88 Å². The molecule has 3 rings (SSSR count). The Hall–Kier alpha value is -1.72. The molecule has 0 spiro atoms. The van der Waals surface area contributed by atoms with Crippen LogP contribution in [0.2, 0.25) is 0 Å². The molecule has 2 heterocycles. The summed E-state index contributed by atoms with van der Waals surface area (Å²) in [5.41, 5.74) is 1.51. The minimum Gasteiger partial charge on any atom is -0.444 e. The lowest BCUT2D eigenvalue weighted by Gasteiger charge is -2.34. The van der Waals surface area contributed by atoms with E-state index in [2.05, 4.69) is 23.7 Å². The van der Waals surface area contributed by atoms with E-state index in [0.717, 1.165) is 25.3 Å². The van der Waals surface area contributed by atoms with Gasteiger partial charge in [0.15, 0.2) is 0 Å². The summed E-state index contributed by atoms with van der Waals surface area (Å²) in [5.74, 6) is 0.168. The SMILES string of the molecule is C[C@@H]1CN(Cc2coc(-c3cccc(F)c3)n2)C[C@H](C)O1. The summed E-state index contributed by atoms with van der Waals surface area (Å²) in [4.78, 5) is 6.75. The lowest BCUT2D eigenvalue weighted by Crippen LogP contribution is -2.44. The van der Waals surface area contributed by atoms with Gasteiger partial charge in [-0.15, -0.1) is 0 Å². The second-order valence-corrected chi connectivity index (χ2v) is 5.61. The van der Waals surface area contributed by atoms with E-state index in [0.29, 0.717) is 11.5 Å². The zero-order chi connectivity index (χ0) is 14.8. The average Bonchev–Trinajstić information content (AvgIpc) is 2.86. The molecule has 4 nitrogen and oxygen atoms in total. The summed E-state index contributed by atoms with van der Waals surface area (Å²) < 4.78 is 24.4. The highest BCUT2D eigenvalue weighted by Gasteiger charge is 2.23. The molecule has 1 fully saturated rings. The van der Waals surface area contributed by atoms with Gasteiger partial charge in [0.2, 0.25) is 5.89 Å². The molecular formula is C16H19FN2O2. The largest absolute Gasteiger partial charge is 0.444 e. The number of halogens is 1. The second kappa shape index (κ2) is 5.95. The van der Waals surface area contributed by atoms with Crippen LogP contribution in [-0.2, 0) is 11.3 Å². The second-order valence-electron chi connectivity index (χ2n) is 5.61. The smallest absolute Gasteiger partial charge is 0.226 e. The van der Waals surface area contributed by atoms with Gasteiger partial charge in [0.05, 0.1) is 17.9 Å². The first-order valence-electron chi connectivity index (χ1n) is 7.18. The summed E-state index contributed by atoms with van der Waals surface area (Å²) >= 11 is 0. The van der Waals surface area contributed by atoms with Crippen LogP contribution in [0.15, 0.2) is 34.9 Å². The Morgan fingerprint density at radius 1 is 1.29 bits per heavy atom. The van der Waals surface area contributed by atoms with E-state index in [9.17, 15) is 4.39 Å². The molecule has 0 unspecified atom stereocenters. The lowest BCUT2D eigenvalue weighted by molar-refractivity contribution is -0.0707. The Labute approximate surface area is 123 Å². The number of hydrogen-bond acceptors (Lipinski definition) is 4. The highest BCUT2D eigenvalue weighted by Crippen LogP contribution is 2.21. The van der Waals surface area contributed by atoms with Crippen molar-refractivity contribution in [3.63, 3.8) is 0 Å². The molecule has 1 aromatic carbocycles. The van der Waals surface area contributed by atoms with Crippen LogP contribution in [0.3, 0.4) is 0 Å². The Morgan fingerprint density at radius 2 is 2.05 bits per heavy atom. The van der Waals surface area contributed by atoms with E-state index < -0.39 is 0 Å². The molecule has 2 atom stereocenters. The molecule has 1 saturated heterocycles. The number of morpholine rings is 1. The molecule has 1 aromatic heterocycles. The zero-order valence-corrected chi connectivity index (χ0v) is 12.3. The number of hydrogen-bond donors (Lipinski definition) is 0. The summed E-state index contributed by atoms with van der Waals surface area (Å²) in [6, 6.07) is 6.27. The van der Waals surface area contributed by atoms with E-state index in [1.807, 2.05) is 0 Å². The average molecular weight is 290 g/mol. The summed E-state index contributed by atoms with van der Waals surface area (Å²) in [6.45, 7) is 6.63. The number of rotatable bonds is 3. The standard InChI is InChI=1S/C16H19FN2O2/c1-11-7-19(8-12(2)21-11)9-15-10-20-16(18-15)13-4-3-5-14(17)6-13/h3-6,10-12H,7-9H2,1-2H3/t11-,12+. The van der Waals surface area contributed by atoms with E-state index >= 15 is 0 Å². The van der Waals surface area contributed by atoms with Crippen LogP contribution in [0.25, 0.3) is 11.5 Å². The highest BCUT2D eigenvalue weighted by molar-refractivity contribution is 5.52. The molecule has 2 aromatic rings. The Balaban J connectivity index is 1.70. The van der Waals surface area contributed by atoms with Gasteiger partial charge in [-0.25, -0.2) is 9.37 Å². The monoisotopic (exact) mass is 290 g/mol. The quantitative estimate of drug-likeness (QED) is 0.870. The number of ether oxygens (including phenoxy) is 1. The van der Waals surface area contributed by atoms with Crippen LogP contribution in [-0.4, -0.2) is 35.2 Å². The van der Waals surface area contributed by atoms with Crippen LogP contribution in [0, 0.1) is 5.82 Å². The Morgan fingerprint density at radius 3 is 2.76 bits per heavy atom. The first-order chi connectivity index (χ1) is 10.1. The van der Waals surface area contributed by atoms with E-state index in [4.69, 9.17) is 9.15 Å². The van der Waals surface area contributed by atoms with Crippen molar-refractivity contribution in [3.05, 3.63) is 42.0 Å². The molecule has 1 aliphatic rings. The summed E-state index contributed by atoms with van der Waals surface area (Å²) in [7, 11) is 0. The van der Waals surface area contributed by atoms with Crippen molar-refractivity contribution < 1.29 is 13.5 Å². The lowest BCUT2D eigenvalue weighted by atomic mass is 10.2. The first-order valence-corrected chi connectivity index (χ1v) is 7.18. The van der Waals surface area contributed by atoms with Crippen LogP contribution < -0.4 is 0 Å². The fourth-order valence-corrected chi connectivity index (χ4v) is 2.78. The van der Waals surface area contributed by atoms with Gasteiger partial charge in [0, 0.05) is 25.2 Å². The van der Waals surface area contributed by atoms with E-state index in [1.54, 1.807) is 18.4 Å². The third-order valence-corrected chi connectivity index (χ3v) is 3.50. The maximum absolute atomic E-state index is 13.2. The number of aromatic nitrogens is 1. The highest BCUT2D eigenvalue weighted by atomic mass is 19.1. The normalized spacial score (nSPS) is 23.4. The van der Waals surface area contributed by atoms with Crippen molar-refractivity contribution in [2.75, 3.05) is 13.1 Å². The van der Waals surface area contributed by atoms with Gasteiger partial charge in [0.25, 0.3) is 0 Å². The van der Waals surface area contributed by atoms with Crippen molar-refractivity contribution in [3.8, 4) is 11.5 Å². The van der Waals surface area contributed by atoms with E-state index in [-0.39, 0.29) is 18.0 Å². The zero-order valence-electron chi connectivity index (χ0n) is 12.3. The van der Waals surface area contributed by atoms with Crippen molar-refractivity contribution >= 4 is 0 Å². The van der Waals surface area contributed by atoms with Crippen molar-refractivity contribution in [2.45, 2.75) is 32.6 Å². The Bertz CT molecular complexity index is 604. The third-order valence-electron chi connectivity index (χ3n) is 3.50. The molecule has 5 heteroatoms. The molecule has 0 radical (unpaired) electrons. The molecule has 112 valence electrons. The molecule has 1 aliphatic heterocycles. The minimum absolute atomic E-state index is 0.225. The maximum Gasteiger partial charge on any atom is 0.226 e. The van der Waals surface area contributed by atoms with Gasteiger partial charge in [-0.05, 0) is 32.0 Å². The van der Waals surface area contributed by atoms with Gasteiger partial charge in [-0.3, -0.25) is 4.90 Å². The van der Waals surface area contributed by atoms with Crippen LogP contribution >= 0.6 is 0 Å². The summed E-state index contributed by atoms with van der Waals surface area (Å²) in [5, 5.41) is 0. The fourth-order valence-electron chi connectivity index (χ4n) is 2.78. The Kier molecular flexibility index (Phi) is 4.03. The number of nitrogens with zero attached hydrogens (tertiary/aromatic N) is 2. The topological polar surface area (TPSA) is 38.5 Å². The van der Waals surface area contributed by atoms with Gasteiger partial charge in [-0.1, -0.05) is 6.07 Å². The number of benzene rings is 1. The third kappa shape index (κ3) is 3.49. The molecular weight excluding hydrogens is 271 g/mol. The fraction of sp³-hybridized carbons (Fsp3) is 0.438. The minimum atomic E-state index is -0.289. The maximum atomic E-state index is 13.2. The van der Waals surface area contributed by atoms with Crippen molar-refractivity contribution in [1.29, 1.82) is 0 Å². The van der Waals surface area contributed by atoms with Gasteiger partial charge in [-0.2, -0.15) is 0 Å². The molecule has 0 N–H and O–H groups in total. The molecule has 0 saturated carbocycles. The molecule has 0 aliphatic carbocycles. The molecule has 0 amide bonds. The molecule has 21 heavy (non-hydrogen) atoms.